The molecule has 12 nitrogen and oxygen atoms in total. The van der Waals surface area contributed by atoms with Crippen molar-refractivity contribution in [3.05, 3.63) is 93.7 Å². The minimum absolute atomic E-state index is 0.0171. The summed E-state index contributed by atoms with van der Waals surface area (Å²) in [5.41, 5.74) is 2.64. The van der Waals surface area contributed by atoms with Gasteiger partial charge < -0.3 is 19.6 Å². The number of pyridine rings is 1. The highest BCUT2D eigenvalue weighted by molar-refractivity contribution is 7.92. The lowest BCUT2D eigenvalue weighted by molar-refractivity contribution is -0.159. The number of amides is 4. The third-order valence-electron chi connectivity index (χ3n) is 16.6. The molecule has 70 heavy (non-hydrogen) atoms. The monoisotopic (exact) mass is 1020 g/mol. The van der Waals surface area contributed by atoms with Gasteiger partial charge in [0.1, 0.15) is 0 Å². The molecule has 5 fully saturated rings. The first kappa shape index (κ1) is 52.3. The van der Waals surface area contributed by atoms with Crippen molar-refractivity contribution in [3.63, 3.8) is 0 Å². The summed E-state index contributed by atoms with van der Waals surface area (Å²) in [6, 6.07) is 16.1. The molecule has 5 atom stereocenters. The van der Waals surface area contributed by atoms with Crippen molar-refractivity contribution < 1.29 is 27.6 Å². The average Bonchev–Trinajstić information content (AvgIpc) is 3.33. The molecule has 0 aliphatic carbocycles. The Morgan fingerprint density at radius 1 is 0.786 bits per heavy atom. The smallest absolute Gasteiger partial charge is 0.234 e. The number of piperidine rings is 5. The zero-order valence-corrected chi connectivity index (χ0v) is 44.2. The van der Waals surface area contributed by atoms with Gasteiger partial charge in [-0.2, -0.15) is 0 Å². The van der Waals surface area contributed by atoms with Crippen LogP contribution in [0.1, 0.15) is 140 Å². The van der Waals surface area contributed by atoms with Crippen molar-refractivity contribution in [2.75, 3.05) is 56.5 Å². The SMILES string of the molecule is CC(C)[C@H](CS(=O)(=O)C(C)C)N1C(=O)[C@](C)(CC(=O)N2CCC(CC3CCN(CC4CCN(c5cncc(C6CCC(=O)NC6=O)c5)CC4)CC3)CC2)C[C@@H](c2cccc(Cl)c2)[C@@H]1c1ccc(Cl)cc1. The summed E-state index contributed by atoms with van der Waals surface area (Å²) in [7, 11) is -3.57. The quantitative estimate of drug-likeness (QED) is 0.148. The second-order valence-electron chi connectivity index (χ2n) is 22.2. The Morgan fingerprint density at radius 2 is 1.44 bits per heavy atom. The van der Waals surface area contributed by atoms with E-state index in [1.54, 1.807) is 20.0 Å². The summed E-state index contributed by atoms with van der Waals surface area (Å²) in [5.74, 6) is 0.304. The van der Waals surface area contributed by atoms with Gasteiger partial charge in [-0.3, -0.25) is 29.5 Å². The molecule has 5 aliphatic rings. The third kappa shape index (κ3) is 12.2. The van der Waals surface area contributed by atoms with Crippen molar-refractivity contribution in [2.45, 2.75) is 134 Å². The van der Waals surface area contributed by atoms with Crippen LogP contribution >= 0.6 is 23.2 Å². The number of likely N-dealkylation sites (tertiary alicyclic amines) is 3. The van der Waals surface area contributed by atoms with E-state index in [2.05, 4.69) is 26.2 Å². The normalized spacial score (nSPS) is 25.5. The van der Waals surface area contributed by atoms with Gasteiger partial charge in [0.2, 0.25) is 23.6 Å². The van der Waals surface area contributed by atoms with E-state index in [1.807, 2.05) is 85.3 Å². The minimum atomic E-state index is -3.57. The second-order valence-corrected chi connectivity index (χ2v) is 25.7. The highest BCUT2D eigenvalue weighted by Gasteiger charge is 2.54. The highest BCUT2D eigenvalue weighted by atomic mass is 35.5. The van der Waals surface area contributed by atoms with Crippen molar-refractivity contribution in [2.24, 2.45) is 29.1 Å². The first-order chi connectivity index (χ1) is 33.4. The maximum Gasteiger partial charge on any atom is 0.234 e. The van der Waals surface area contributed by atoms with Crippen LogP contribution in [0.4, 0.5) is 5.69 Å². The predicted molar refractivity (Wildman–Crippen MR) is 278 cm³/mol. The van der Waals surface area contributed by atoms with Gasteiger partial charge in [0, 0.05) is 73.8 Å². The van der Waals surface area contributed by atoms with E-state index in [4.69, 9.17) is 23.2 Å². The molecule has 2 aromatic carbocycles. The molecule has 3 aromatic rings. The Balaban J connectivity index is 0.855. The Kier molecular flexibility index (Phi) is 16.7. The Hall–Kier alpha value is -4.04. The van der Waals surface area contributed by atoms with E-state index in [1.165, 1.54) is 19.3 Å². The molecule has 5 saturated heterocycles. The molecule has 15 heteroatoms. The number of sulfone groups is 1. The van der Waals surface area contributed by atoms with Crippen LogP contribution in [-0.2, 0) is 29.0 Å². The number of halogens is 2. The molecule has 0 saturated carbocycles. The largest absolute Gasteiger partial charge is 0.370 e. The minimum Gasteiger partial charge on any atom is -0.370 e. The number of nitrogens with one attached hydrogen (secondary N) is 1. The number of hydrogen-bond acceptors (Lipinski definition) is 9. The van der Waals surface area contributed by atoms with Crippen LogP contribution in [0.5, 0.6) is 0 Å². The van der Waals surface area contributed by atoms with Crippen LogP contribution in [0, 0.1) is 29.1 Å². The molecule has 4 amide bonds. The molecule has 0 bridgehead atoms. The fourth-order valence-corrected chi connectivity index (χ4v) is 14.0. The topological polar surface area (TPSA) is 140 Å². The average molecular weight is 1020 g/mol. The first-order valence-electron chi connectivity index (χ1n) is 26.0. The Morgan fingerprint density at radius 3 is 2.07 bits per heavy atom. The van der Waals surface area contributed by atoms with Gasteiger partial charge in [0.15, 0.2) is 9.84 Å². The number of anilines is 1. The molecule has 8 rings (SSSR count). The Labute approximate surface area is 426 Å². The van der Waals surface area contributed by atoms with E-state index in [0.29, 0.717) is 60.2 Å². The summed E-state index contributed by atoms with van der Waals surface area (Å²) in [4.78, 5) is 67.4. The van der Waals surface area contributed by atoms with Gasteiger partial charge >= 0.3 is 0 Å². The van der Waals surface area contributed by atoms with Crippen LogP contribution in [0.2, 0.25) is 10.0 Å². The lowest BCUT2D eigenvalue weighted by Crippen LogP contribution is -2.59. The van der Waals surface area contributed by atoms with Crippen LogP contribution in [0.3, 0.4) is 0 Å². The molecular weight excluding hydrogens is 944 g/mol. The van der Waals surface area contributed by atoms with Gasteiger partial charge in [-0.15, -0.1) is 0 Å². The number of imide groups is 1. The zero-order chi connectivity index (χ0) is 49.9. The van der Waals surface area contributed by atoms with E-state index in [0.717, 1.165) is 80.8 Å². The zero-order valence-electron chi connectivity index (χ0n) is 41.8. The molecule has 1 N–H and O–H groups in total. The van der Waals surface area contributed by atoms with Crippen molar-refractivity contribution in [3.8, 4) is 0 Å². The van der Waals surface area contributed by atoms with Gasteiger partial charge in [-0.1, -0.05) is 68.2 Å². The number of benzene rings is 2. The third-order valence-corrected chi connectivity index (χ3v) is 19.3. The lowest BCUT2D eigenvalue weighted by Gasteiger charge is -2.53. The number of hydrogen-bond donors (Lipinski definition) is 1. The maximum atomic E-state index is 15.4. The molecule has 380 valence electrons. The fraction of sp³-hybridized carbons (Fsp3) is 0.618. The summed E-state index contributed by atoms with van der Waals surface area (Å²) >= 11 is 13.0. The molecule has 5 aliphatic heterocycles. The molecular formula is C55H74Cl2N6O6S. The summed E-state index contributed by atoms with van der Waals surface area (Å²) < 4.78 is 27.4. The fourth-order valence-electron chi connectivity index (χ4n) is 12.2. The number of carbonyl (C=O) groups excluding carboxylic acids is 4. The van der Waals surface area contributed by atoms with E-state index in [-0.39, 0.29) is 53.6 Å². The van der Waals surface area contributed by atoms with Gasteiger partial charge in [-0.05, 0) is 155 Å². The van der Waals surface area contributed by atoms with Crippen molar-refractivity contribution in [1.82, 2.24) is 25.0 Å². The van der Waals surface area contributed by atoms with Gasteiger partial charge in [0.25, 0.3) is 0 Å². The van der Waals surface area contributed by atoms with Crippen LogP contribution in [0.25, 0.3) is 0 Å². The number of carbonyl (C=O) groups is 4. The Bertz CT molecular complexity index is 2450. The van der Waals surface area contributed by atoms with E-state index >= 15 is 4.79 Å². The van der Waals surface area contributed by atoms with Crippen LogP contribution < -0.4 is 10.2 Å². The molecule has 6 heterocycles. The summed E-state index contributed by atoms with van der Waals surface area (Å²) in [5, 5.41) is 3.00. The van der Waals surface area contributed by atoms with Crippen LogP contribution in [-0.4, -0.2) is 115 Å². The number of rotatable bonds is 15. The maximum absolute atomic E-state index is 15.4. The van der Waals surface area contributed by atoms with E-state index in [9.17, 15) is 22.8 Å². The molecule has 0 radical (unpaired) electrons. The first-order valence-corrected chi connectivity index (χ1v) is 28.4. The van der Waals surface area contributed by atoms with Crippen LogP contribution in [0.15, 0.2) is 67.0 Å². The highest BCUT2D eigenvalue weighted by Crippen LogP contribution is 2.53. The number of aromatic nitrogens is 1. The molecule has 0 spiro atoms. The van der Waals surface area contributed by atoms with Gasteiger partial charge in [-0.25, -0.2) is 8.42 Å². The van der Waals surface area contributed by atoms with E-state index < -0.39 is 32.6 Å². The predicted octanol–water partition coefficient (Wildman–Crippen LogP) is 9.47. The van der Waals surface area contributed by atoms with Crippen molar-refractivity contribution >= 4 is 62.4 Å². The standard InChI is InChI=1S/C55H74Cl2N6O6S/c1-36(2)49(35-70(68,69)37(3)4)63-52(41-9-11-44(56)12-10-41)48(42-7-6-8-45(57)28-42)30-55(5,54(63)67)31-51(65)62-25-17-39(18-26-62)27-38-15-21-60(22-16-38)34-40-19-23-61(24-20-40)46-29-43(32-58-33-46)47-13-14-50(64)59-53(47)66/h6-12,28-29,32-33,36-40,47-49,52H,13-27,30-31,34-35H2,1-5H3,(H,59,64,66)/t47?,48-,49-,52-,55-/m0/s1. The van der Waals surface area contributed by atoms with Gasteiger partial charge in [0.05, 0.1) is 40.3 Å². The second kappa shape index (κ2) is 22.4. The summed E-state index contributed by atoms with van der Waals surface area (Å²) in [6.45, 7) is 15.9. The molecule has 1 unspecified atom stereocenters. The lowest BCUT2D eigenvalue weighted by atomic mass is 9.66. The summed E-state index contributed by atoms with van der Waals surface area (Å²) in [6.07, 6.45) is 12.7. The molecule has 1 aromatic heterocycles. The number of nitrogens with zero attached hydrogens (tertiary/aromatic N) is 5. The van der Waals surface area contributed by atoms with Crippen molar-refractivity contribution in [1.29, 1.82) is 0 Å².